The number of allylic oxidation sites excluding steroid dienone is 1. The molecule has 10 nitrogen and oxygen atoms in total. The second-order valence-corrected chi connectivity index (χ2v) is 8.28. The van der Waals surface area contributed by atoms with Crippen LogP contribution in [-0.2, 0) is 14.3 Å². The third kappa shape index (κ3) is 6.43. The van der Waals surface area contributed by atoms with Crippen LogP contribution in [0.4, 0.5) is 0 Å². The quantitative estimate of drug-likeness (QED) is 0.167. The molecule has 36 heavy (non-hydrogen) atoms. The number of hydrogen-bond acceptors (Lipinski definition) is 8. The number of hydrazone groups is 1. The van der Waals surface area contributed by atoms with Crippen LogP contribution in [0.2, 0.25) is 5.02 Å². The normalized spacial score (nSPS) is 15.2. The van der Waals surface area contributed by atoms with E-state index >= 15 is 0 Å². The average molecular weight is 533 g/mol. The van der Waals surface area contributed by atoms with Gasteiger partial charge < -0.3 is 30.0 Å². The Balaban J connectivity index is 1.71. The van der Waals surface area contributed by atoms with E-state index in [-0.39, 0.29) is 29.7 Å². The fourth-order valence-electron chi connectivity index (χ4n) is 3.44. The van der Waals surface area contributed by atoms with Crippen molar-refractivity contribution in [2.45, 2.75) is 19.9 Å². The van der Waals surface area contributed by atoms with E-state index in [0.717, 1.165) is 0 Å². The largest absolute Gasteiger partial charge is 0.503 e. The molecule has 0 spiro atoms. The number of aromatic hydroxyl groups is 1. The molecule has 0 aromatic heterocycles. The highest BCUT2D eigenvalue weighted by atomic mass is 35.5. The standard InChI is InChI=1S/C24H25ClN4O6S/c1-4-34-23(32)20-13(2)27-24(36)28-21(20)15-7-5-6-8-17(15)35-12-19(30)29-26-11-14-9-16(25)22(31)18(10-14)33-3/h5-11,21,31H,4,12H2,1-3H3,(H,29,30)(H2,27,28,36)/t21-/m0/s1. The number of ether oxygens (including phenoxy) is 3. The first-order chi connectivity index (χ1) is 17.2. The summed E-state index contributed by atoms with van der Waals surface area (Å²) in [5.74, 6) is -0.650. The smallest absolute Gasteiger partial charge is 0.338 e. The van der Waals surface area contributed by atoms with Gasteiger partial charge in [0.15, 0.2) is 23.2 Å². The van der Waals surface area contributed by atoms with Gasteiger partial charge in [0.2, 0.25) is 0 Å². The second kappa shape index (κ2) is 12.2. The number of phenols is 1. The molecule has 0 aliphatic carbocycles. The van der Waals surface area contributed by atoms with Crippen LogP contribution in [0.25, 0.3) is 0 Å². The number of carbonyl (C=O) groups is 2. The van der Waals surface area contributed by atoms with Crippen molar-refractivity contribution in [2.75, 3.05) is 20.3 Å². The number of para-hydroxylation sites is 1. The van der Waals surface area contributed by atoms with Gasteiger partial charge in [-0.05, 0) is 49.8 Å². The summed E-state index contributed by atoms with van der Waals surface area (Å²) < 4.78 is 16.0. The van der Waals surface area contributed by atoms with E-state index in [1.54, 1.807) is 38.1 Å². The van der Waals surface area contributed by atoms with Crippen molar-refractivity contribution in [3.05, 3.63) is 63.8 Å². The topological polar surface area (TPSA) is 131 Å². The molecule has 4 N–H and O–H groups in total. The maximum atomic E-state index is 12.6. The molecule has 1 heterocycles. The number of carbonyl (C=O) groups excluding carboxylic acids is 2. The number of benzene rings is 2. The van der Waals surface area contributed by atoms with Crippen LogP contribution >= 0.6 is 23.8 Å². The average Bonchev–Trinajstić information content (AvgIpc) is 2.84. The Bertz CT molecular complexity index is 1230. The van der Waals surface area contributed by atoms with Crippen LogP contribution in [0, 0.1) is 0 Å². The summed E-state index contributed by atoms with van der Waals surface area (Å²) in [6, 6.07) is 9.33. The molecule has 0 bridgehead atoms. The van der Waals surface area contributed by atoms with Crippen molar-refractivity contribution < 1.29 is 28.9 Å². The first-order valence-corrected chi connectivity index (χ1v) is 11.6. The van der Waals surface area contributed by atoms with Gasteiger partial charge in [-0.15, -0.1) is 0 Å². The summed E-state index contributed by atoms with van der Waals surface area (Å²) in [4.78, 5) is 25.0. The molecule has 1 aliphatic heterocycles. The van der Waals surface area contributed by atoms with Crippen molar-refractivity contribution in [1.29, 1.82) is 0 Å². The molecule has 2 aromatic carbocycles. The molecule has 1 atom stereocenters. The Kier molecular flexibility index (Phi) is 9.09. The van der Waals surface area contributed by atoms with Crippen molar-refractivity contribution in [3.63, 3.8) is 0 Å². The Morgan fingerprint density at radius 1 is 1.28 bits per heavy atom. The maximum Gasteiger partial charge on any atom is 0.338 e. The summed E-state index contributed by atoms with van der Waals surface area (Å²) in [5, 5.41) is 20.1. The lowest BCUT2D eigenvalue weighted by Gasteiger charge is -2.30. The third-order valence-electron chi connectivity index (χ3n) is 5.03. The zero-order valence-electron chi connectivity index (χ0n) is 19.8. The molecule has 0 unspecified atom stereocenters. The summed E-state index contributed by atoms with van der Waals surface area (Å²) in [6.07, 6.45) is 1.35. The van der Waals surface area contributed by atoms with Gasteiger partial charge in [-0.25, -0.2) is 10.2 Å². The number of thiocarbonyl (C=S) groups is 1. The molecule has 0 saturated carbocycles. The van der Waals surface area contributed by atoms with Crippen LogP contribution in [0.1, 0.15) is 31.0 Å². The summed E-state index contributed by atoms with van der Waals surface area (Å²) in [5.41, 5.74) is 4.39. The lowest BCUT2D eigenvalue weighted by atomic mass is 9.95. The van der Waals surface area contributed by atoms with Crippen LogP contribution in [0.5, 0.6) is 17.2 Å². The lowest BCUT2D eigenvalue weighted by Crippen LogP contribution is -2.45. The summed E-state index contributed by atoms with van der Waals surface area (Å²) in [6.45, 7) is 3.33. The highest BCUT2D eigenvalue weighted by molar-refractivity contribution is 7.80. The van der Waals surface area contributed by atoms with Gasteiger partial charge in [0.1, 0.15) is 5.75 Å². The van der Waals surface area contributed by atoms with E-state index in [4.69, 9.17) is 38.0 Å². The third-order valence-corrected chi connectivity index (χ3v) is 5.53. The molecule has 3 rings (SSSR count). The van der Waals surface area contributed by atoms with E-state index in [9.17, 15) is 14.7 Å². The van der Waals surface area contributed by atoms with Crippen molar-refractivity contribution in [3.8, 4) is 17.2 Å². The minimum Gasteiger partial charge on any atom is -0.503 e. The van der Waals surface area contributed by atoms with E-state index in [2.05, 4.69) is 21.2 Å². The van der Waals surface area contributed by atoms with E-state index in [0.29, 0.717) is 33.3 Å². The molecule has 12 heteroatoms. The number of rotatable bonds is 9. The number of nitrogens with one attached hydrogen (secondary N) is 3. The lowest BCUT2D eigenvalue weighted by molar-refractivity contribution is -0.139. The minimum atomic E-state index is -0.635. The fourth-order valence-corrected chi connectivity index (χ4v) is 3.93. The zero-order valence-corrected chi connectivity index (χ0v) is 21.3. The SMILES string of the molecule is CCOC(=O)C1=C(C)NC(=S)N[C@H]1c1ccccc1OCC(=O)NN=Cc1cc(Cl)c(O)c(OC)c1. The fraction of sp³-hybridized carbons (Fsp3) is 0.250. The molecule has 0 radical (unpaired) electrons. The summed E-state index contributed by atoms with van der Waals surface area (Å²) in [7, 11) is 1.39. The number of halogens is 1. The monoisotopic (exact) mass is 532 g/mol. The van der Waals surface area contributed by atoms with Crippen LogP contribution in [0.15, 0.2) is 52.8 Å². The molecular weight excluding hydrogens is 508 g/mol. The Labute approximate surface area is 218 Å². The van der Waals surface area contributed by atoms with Gasteiger partial charge in [-0.3, -0.25) is 4.79 Å². The molecule has 2 aromatic rings. The molecule has 1 amide bonds. The van der Waals surface area contributed by atoms with Gasteiger partial charge in [-0.1, -0.05) is 29.8 Å². The van der Waals surface area contributed by atoms with Crippen LogP contribution in [0.3, 0.4) is 0 Å². The Morgan fingerprint density at radius 3 is 2.75 bits per heavy atom. The first kappa shape index (κ1) is 26.8. The minimum absolute atomic E-state index is 0.0829. The van der Waals surface area contributed by atoms with E-state index < -0.39 is 17.9 Å². The van der Waals surface area contributed by atoms with Gasteiger partial charge in [-0.2, -0.15) is 5.10 Å². The first-order valence-electron chi connectivity index (χ1n) is 10.8. The highest BCUT2D eigenvalue weighted by Crippen LogP contribution is 2.35. The zero-order chi connectivity index (χ0) is 26.2. The molecule has 1 aliphatic rings. The van der Waals surface area contributed by atoms with Crippen molar-refractivity contribution >= 4 is 47.0 Å². The van der Waals surface area contributed by atoms with Gasteiger partial charge in [0.25, 0.3) is 5.91 Å². The number of amides is 1. The van der Waals surface area contributed by atoms with Crippen molar-refractivity contribution in [2.24, 2.45) is 5.10 Å². The predicted octanol–water partition coefficient (Wildman–Crippen LogP) is 2.94. The second-order valence-electron chi connectivity index (χ2n) is 7.46. The molecule has 0 fully saturated rings. The predicted molar refractivity (Wildman–Crippen MR) is 138 cm³/mol. The highest BCUT2D eigenvalue weighted by Gasteiger charge is 2.32. The summed E-state index contributed by atoms with van der Waals surface area (Å²) >= 11 is 11.2. The molecule has 190 valence electrons. The van der Waals surface area contributed by atoms with Crippen LogP contribution < -0.4 is 25.5 Å². The van der Waals surface area contributed by atoms with Gasteiger partial charge >= 0.3 is 5.97 Å². The van der Waals surface area contributed by atoms with Crippen LogP contribution in [-0.4, -0.2) is 48.6 Å². The van der Waals surface area contributed by atoms with E-state index in [1.807, 2.05) is 0 Å². The Morgan fingerprint density at radius 2 is 2.03 bits per heavy atom. The van der Waals surface area contributed by atoms with Gasteiger partial charge in [0, 0.05) is 11.3 Å². The molecule has 0 saturated heterocycles. The number of esters is 1. The number of methoxy groups -OCH3 is 1. The maximum absolute atomic E-state index is 12.6. The number of nitrogens with zero attached hydrogens (tertiary/aromatic N) is 1. The number of hydrogen-bond donors (Lipinski definition) is 4. The molecular formula is C24H25ClN4O6S. The van der Waals surface area contributed by atoms with E-state index in [1.165, 1.54) is 25.5 Å². The van der Waals surface area contributed by atoms with Gasteiger partial charge in [0.05, 0.1) is 36.6 Å². The number of phenolic OH excluding ortho intramolecular Hbond substituents is 1. The Hall–Kier alpha value is -3.83. The van der Waals surface area contributed by atoms with Crippen molar-refractivity contribution in [1.82, 2.24) is 16.1 Å².